The summed E-state index contributed by atoms with van der Waals surface area (Å²) in [5.41, 5.74) is 1.76. The van der Waals surface area contributed by atoms with E-state index in [1.54, 1.807) is 19.2 Å². The number of nitrogens with zero attached hydrogens (tertiary/aromatic N) is 1. The summed E-state index contributed by atoms with van der Waals surface area (Å²) in [6.07, 6.45) is 0.303. The number of rotatable bonds is 5. The molecule has 102 valence electrons. The zero-order chi connectivity index (χ0) is 14.4. The molecule has 2 aromatic rings. The maximum absolute atomic E-state index is 12.9. The summed E-state index contributed by atoms with van der Waals surface area (Å²) >= 11 is 0. The maximum atomic E-state index is 12.9. The number of nitriles is 1. The molecule has 0 heterocycles. The van der Waals surface area contributed by atoms with E-state index in [1.165, 1.54) is 12.1 Å². The van der Waals surface area contributed by atoms with Gasteiger partial charge in [0.2, 0.25) is 0 Å². The second-order valence-electron chi connectivity index (χ2n) is 4.34. The van der Waals surface area contributed by atoms with Crippen LogP contribution in [0.2, 0.25) is 0 Å². The van der Waals surface area contributed by atoms with Crippen LogP contribution in [0.25, 0.3) is 0 Å². The molecule has 20 heavy (non-hydrogen) atoms. The fourth-order valence-corrected chi connectivity index (χ4v) is 1.93. The van der Waals surface area contributed by atoms with Crippen molar-refractivity contribution in [2.24, 2.45) is 0 Å². The van der Waals surface area contributed by atoms with E-state index >= 15 is 0 Å². The molecule has 0 aliphatic carbocycles. The molecule has 0 aromatic heterocycles. The number of hydrogen-bond donors (Lipinski definition) is 1. The van der Waals surface area contributed by atoms with Crippen molar-refractivity contribution >= 4 is 5.69 Å². The molecule has 4 heteroatoms. The van der Waals surface area contributed by atoms with Gasteiger partial charge in [-0.25, -0.2) is 4.39 Å². The van der Waals surface area contributed by atoms with Gasteiger partial charge in [0, 0.05) is 5.69 Å². The van der Waals surface area contributed by atoms with E-state index in [-0.39, 0.29) is 11.9 Å². The molecule has 0 aliphatic heterocycles. The Morgan fingerprint density at radius 1 is 1.15 bits per heavy atom. The molecule has 0 amide bonds. The first-order valence-electron chi connectivity index (χ1n) is 6.26. The summed E-state index contributed by atoms with van der Waals surface area (Å²) in [7, 11) is 1.61. The van der Waals surface area contributed by atoms with E-state index in [4.69, 9.17) is 10.00 Å². The SMILES string of the molecule is COc1ccc(N[C@@H](CC#N)c2ccc(F)cc2)cc1. The molecular formula is C16H15FN2O. The molecule has 3 nitrogen and oxygen atoms in total. The first-order chi connectivity index (χ1) is 9.72. The Kier molecular flexibility index (Phi) is 4.56. The molecular weight excluding hydrogens is 255 g/mol. The van der Waals surface area contributed by atoms with E-state index in [1.807, 2.05) is 24.3 Å². The minimum atomic E-state index is -0.283. The molecule has 2 aromatic carbocycles. The Bertz CT molecular complexity index is 587. The standard InChI is InChI=1S/C16H15FN2O/c1-20-15-8-6-14(7-9-15)19-16(10-11-18)12-2-4-13(17)5-3-12/h2-9,16,19H,10H2,1H3/t16-/m0/s1. The van der Waals surface area contributed by atoms with E-state index in [0.29, 0.717) is 6.42 Å². The molecule has 0 bridgehead atoms. The van der Waals surface area contributed by atoms with E-state index in [9.17, 15) is 4.39 Å². The van der Waals surface area contributed by atoms with Gasteiger partial charge in [-0.1, -0.05) is 12.1 Å². The lowest BCUT2D eigenvalue weighted by Crippen LogP contribution is -2.10. The Labute approximate surface area is 117 Å². The maximum Gasteiger partial charge on any atom is 0.123 e. The van der Waals surface area contributed by atoms with Gasteiger partial charge in [-0.3, -0.25) is 0 Å². The summed E-state index contributed by atoms with van der Waals surface area (Å²) in [6.45, 7) is 0. The summed E-state index contributed by atoms with van der Waals surface area (Å²) in [4.78, 5) is 0. The second-order valence-corrected chi connectivity index (χ2v) is 4.34. The van der Waals surface area contributed by atoms with E-state index < -0.39 is 0 Å². The molecule has 0 aliphatic rings. The van der Waals surface area contributed by atoms with Crippen molar-refractivity contribution in [1.29, 1.82) is 5.26 Å². The van der Waals surface area contributed by atoms with Crippen molar-refractivity contribution in [1.82, 2.24) is 0 Å². The average Bonchev–Trinajstić information content (AvgIpc) is 2.48. The zero-order valence-electron chi connectivity index (χ0n) is 11.1. The number of methoxy groups -OCH3 is 1. The number of halogens is 1. The minimum Gasteiger partial charge on any atom is -0.497 e. The first-order valence-corrected chi connectivity index (χ1v) is 6.26. The highest BCUT2D eigenvalue weighted by atomic mass is 19.1. The van der Waals surface area contributed by atoms with Crippen LogP contribution in [-0.2, 0) is 0 Å². The smallest absolute Gasteiger partial charge is 0.123 e. The molecule has 0 spiro atoms. The van der Waals surface area contributed by atoms with Crippen LogP contribution in [0.1, 0.15) is 18.0 Å². The largest absolute Gasteiger partial charge is 0.497 e. The lowest BCUT2D eigenvalue weighted by Gasteiger charge is -2.18. The van der Waals surface area contributed by atoms with Gasteiger partial charge in [-0.05, 0) is 42.0 Å². The van der Waals surface area contributed by atoms with Gasteiger partial charge in [0.15, 0.2) is 0 Å². The third-order valence-electron chi connectivity index (χ3n) is 3.00. The second kappa shape index (κ2) is 6.58. The highest BCUT2D eigenvalue weighted by Gasteiger charge is 2.11. The monoisotopic (exact) mass is 270 g/mol. The quantitative estimate of drug-likeness (QED) is 0.896. The summed E-state index contributed by atoms with van der Waals surface area (Å²) in [5.74, 6) is 0.489. The predicted octanol–water partition coefficient (Wildman–Crippen LogP) is 3.90. The number of nitrogens with one attached hydrogen (secondary N) is 1. The van der Waals surface area contributed by atoms with Crippen LogP contribution in [0.4, 0.5) is 10.1 Å². The van der Waals surface area contributed by atoms with Crippen molar-refractivity contribution in [3.05, 3.63) is 59.9 Å². The molecule has 0 unspecified atom stereocenters. The number of hydrogen-bond acceptors (Lipinski definition) is 3. The van der Waals surface area contributed by atoms with E-state index in [0.717, 1.165) is 17.0 Å². The van der Waals surface area contributed by atoms with Gasteiger partial charge in [-0.15, -0.1) is 0 Å². The van der Waals surface area contributed by atoms with Gasteiger partial charge in [0.1, 0.15) is 11.6 Å². The highest BCUT2D eigenvalue weighted by Crippen LogP contribution is 2.24. The molecule has 2 rings (SSSR count). The Hall–Kier alpha value is -2.54. The van der Waals surface area contributed by atoms with Gasteiger partial charge in [-0.2, -0.15) is 5.26 Å². The normalized spacial score (nSPS) is 11.4. The number of anilines is 1. The summed E-state index contributed by atoms with van der Waals surface area (Å²) in [6, 6.07) is 15.6. The highest BCUT2D eigenvalue weighted by molar-refractivity contribution is 5.48. The van der Waals surface area contributed by atoms with Crippen molar-refractivity contribution in [3.63, 3.8) is 0 Å². The fraction of sp³-hybridized carbons (Fsp3) is 0.188. The lowest BCUT2D eigenvalue weighted by atomic mass is 10.0. The van der Waals surface area contributed by atoms with Crippen molar-refractivity contribution in [3.8, 4) is 11.8 Å². The third-order valence-corrected chi connectivity index (χ3v) is 3.00. The van der Waals surface area contributed by atoms with Crippen LogP contribution in [0, 0.1) is 17.1 Å². The lowest BCUT2D eigenvalue weighted by molar-refractivity contribution is 0.415. The Morgan fingerprint density at radius 3 is 2.35 bits per heavy atom. The number of benzene rings is 2. The van der Waals surface area contributed by atoms with Crippen LogP contribution in [0.15, 0.2) is 48.5 Å². The van der Waals surface area contributed by atoms with Gasteiger partial charge in [0.25, 0.3) is 0 Å². The molecule has 0 fully saturated rings. The van der Waals surface area contributed by atoms with Gasteiger partial charge >= 0.3 is 0 Å². The molecule has 1 N–H and O–H groups in total. The summed E-state index contributed by atoms with van der Waals surface area (Å²) in [5, 5.41) is 12.2. The average molecular weight is 270 g/mol. The Morgan fingerprint density at radius 2 is 1.80 bits per heavy atom. The predicted molar refractivity (Wildman–Crippen MR) is 76.0 cm³/mol. The van der Waals surface area contributed by atoms with Crippen molar-refractivity contribution in [2.75, 3.05) is 12.4 Å². The molecule has 0 saturated carbocycles. The van der Waals surface area contributed by atoms with Crippen molar-refractivity contribution < 1.29 is 9.13 Å². The topological polar surface area (TPSA) is 45.0 Å². The molecule has 0 saturated heterocycles. The molecule has 1 atom stereocenters. The molecule has 0 radical (unpaired) electrons. The van der Waals surface area contributed by atoms with Crippen LogP contribution >= 0.6 is 0 Å². The van der Waals surface area contributed by atoms with E-state index in [2.05, 4.69) is 11.4 Å². The third kappa shape index (κ3) is 3.48. The zero-order valence-corrected chi connectivity index (χ0v) is 11.1. The fourth-order valence-electron chi connectivity index (χ4n) is 1.93. The van der Waals surface area contributed by atoms with Crippen LogP contribution in [0.5, 0.6) is 5.75 Å². The minimum absolute atomic E-state index is 0.172. The van der Waals surface area contributed by atoms with Gasteiger partial charge < -0.3 is 10.1 Å². The summed E-state index contributed by atoms with van der Waals surface area (Å²) < 4.78 is 18.0. The van der Waals surface area contributed by atoms with Crippen molar-refractivity contribution in [2.45, 2.75) is 12.5 Å². The number of ether oxygens (including phenoxy) is 1. The van der Waals surface area contributed by atoms with Crippen LogP contribution < -0.4 is 10.1 Å². The Balaban J connectivity index is 2.16. The first kappa shape index (κ1) is 13.9. The van der Waals surface area contributed by atoms with Gasteiger partial charge in [0.05, 0.1) is 25.6 Å². The van der Waals surface area contributed by atoms with Crippen LogP contribution in [-0.4, -0.2) is 7.11 Å². The van der Waals surface area contributed by atoms with Crippen LogP contribution in [0.3, 0.4) is 0 Å².